The first kappa shape index (κ1) is 42.1. The van der Waals surface area contributed by atoms with Gasteiger partial charge >= 0.3 is 12.2 Å². The molecule has 2 unspecified atom stereocenters. The Kier molecular flexibility index (Phi) is 12.9. The van der Waals surface area contributed by atoms with E-state index in [-0.39, 0.29) is 23.9 Å². The molecule has 0 aliphatic carbocycles. The summed E-state index contributed by atoms with van der Waals surface area (Å²) < 4.78 is 20.7. The van der Waals surface area contributed by atoms with Gasteiger partial charge in [-0.15, -0.1) is 0 Å². The number of aromatic amines is 2. The summed E-state index contributed by atoms with van der Waals surface area (Å²) >= 11 is 0. The molecule has 2 fully saturated rings. The van der Waals surface area contributed by atoms with Gasteiger partial charge < -0.3 is 49.3 Å². The quantitative estimate of drug-likeness (QED) is 0.105. The Bertz CT molecular complexity index is 2340. The van der Waals surface area contributed by atoms with Gasteiger partial charge in [-0.3, -0.25) is 14.6 Å². The number of benzene rings is 2. The summed E-state index contributed by atoms with van der Waals surface area (Å²) in [5.74, 6) is 0.856. The minimum atomic E-state index is -0.903. The molecule has 5 heterocycles. The van der Waals surface area contributed by atoms with Crippen molar-refractivity contribution in [3.8, 4) is 22.5 Å². The summed E-state index contributed by atoms with van der Waals surface area (Å²) in [5.41, 5.74) is 4.94. The number of alkyl carbamates (subject to hydrolysis) is 2. The van der Waals surface area contributed by atoms with Crippen molar-refractivity contribution in [1.82, 2.24) is 45.4 Å². The minimum absolute atomic E-state index is 0.238. The number of aromatic nitrogens is 5. The number of pyridine rings is 1. The summed E-state index contributed by atoms with van der Waals surface area (Å²) in [6.07, 6.45) is 5.23. The van der Waals surface area contributed by atoms with E-state index in [1.807, 2.05) is 32.0 Å². The molecular formula is C43H53N9O8. The first-order chi connectivity index (χ1) is 29.1. The molecule has 4 N–H and O–H groups in total. The van der Waals surface area contributed by atoms with E-state index in [1.165, 1.54) is 28.4 Å². The number of nitrogens with zero attached hydrogens (tertiary/aromatic N) is 5. The van der Waals surface area contributed by atoms with Crippen LogP contribution in [0.1, 0.15) is 76.1 Å². The number of likely N-dealkylation sites (tertiary alicyclic amines) is 2. The fourth-order valence-corrected chi connectivity index (χ4v) is 8.53. The molecule has 2 saturated heterocycles. The van der Waals surface area contributed by atoms with E-state index in [2.05, 4.69) is 44.9 Å². The molecule has 0 radical (unpaired) electrons. The van der Waals surface area contributed by atoms with Crippen LogP contribution < -0.4 is 10.6 Å². The third-order valence-electron chi connectivity index (χ3n) is 11.7. The van der Waals surface area contributed by atoms with E-state index in [0.717, 1.165) is 70.0 Å². The Balaban J connectivity index is 1.07. The van der Waals surface area contributed by atoms with E-state index < -0.39 is 36.5 Å². The number of hydrogen-bond donors (Lipinski definition) is 4. The van der Waals surface area contributed by atoms with Crippen LogP contribution in [-0.4, -0.2) is 125 Å². The van der Waals surface area contributed by atoms with E-state index >= 15 is 0 Å². The maximum atomic E-state index is 13.9. The van der Waals surface area contributed by atoms with Crippen LogP contribution in [0.4, 0.5) is 9.59 Å². The van der Waals surface area contributed by atoms with Crippen molar-refractivity contribution < 1.29 is 38.1 Å². The summed E-state index contributed by atoms with van der Waals surface area (Å²) in [4.78, 5) is 76.8. The largest absolute Gasteiger partial charge is 0.453 e. The van der Waals surface area contributed by atoms with Crippen LogP contribution in [0.15, 0.2) is 54.9 Å². The molecule has 6 atom stereocenters. The number of rotatable bonds is 14. The zero-order chi connectivity index (χ0) is 42.5. The maximum Gasteiger partial charge on any atom is 0.407 e. The summed E-state index contributed by atoms with van der Waals surface area (Å²) in [5, 5.41) is 7.40. The number of carbonyl (C=O) groups is 4. The van der Waals surface area contributed by atoms with E-state index in [1.54, 1.807) is 22.2 Å². The van der Waals surface area contributed by atoms with Crippen LogP contribution in [-0.2, 0) is 28.5 Å². The van der Waals surface area contributed by atoms with Gasteiger partial charge in [0.25, 0.3) is 0 Å². The van der Waals surface area contributed by atoms with Crippen molar-refractivity contribution in [2.24, 2.45) is 0 Å². The van der Waals surface area contributed by atoms with Crippen LogP contribution in [0.2, 0.25) is 0 Å². The molecule has 0 saturated carbocycles. The van der Waals surface area contributed by atoms with E-state index in [4.69, 9.17) is 33.9 Å². The number of amides is 4. The Morgan fingerprint density at radius 1 is 0.717 bits per heavy atom. The van der Waals surface area contributed by atoms with Gasteiger partial charge in [0.05, 0.1) is 73.3 Å². The molecule has 2 aromatic carbocycles. The summed E-state index contributed by atoms with van der Waals surface area (Å²) in [6.45, 7) is 4.86. The van der Waals surface area contributed by atoms with Crippen LogP contribution in [0, 0.1) is 0 Å². The first-order valence-corrected chi connectivity index (χ1v) is 20.4. The lowest BCUT2D eigenvalue weighted by atomic mass is 10.0. The average molecular weight is 824 g/mol. The maximum absolute atomic E-state index is 13.9. The third-order valence-corrected chi connectivity index (χ3v) is 11.7. The van der Waals surface area contributed by atoms with Gasteiger partial charge in [-0.25, -0.2) is 19.6 Å². The highest BCUT2D eigenvalue weighted by Crippen LogP contribution is 2.35. The van der Waals surface area contributed by atoms with Crippen molar-refractivity contribution in [2.75, 3.05) is 41.5 Å². The first-order valence-electron chi connectivity index (χ1n) is 20.4. The molecule has 2 aliphatic rings. The van der Waals surface area contributed by atoms with Crippen LogP contribution in [0.3, 0.4) is 0 Å². The number of ether oxygens (including phenoxy) is 4. The molecule has 5 aromatic rings. The number of nitrogens with one attached hydrogen (secondary N) is 4. The smallest absolute Gasteiger partial charge is 0.407 e. The van der Waals surface area contributed by atoms with Crippen LogP contribution in [0.5, 0.6) is 0 Å². The SMILES string of the molecule is CC[C@@H](OC)C(NC(=O)OC)C(=O)N1CCC[C@H]1c1ncc(-c2ccc3cc(-c4cc5nc([C@@H]6CCCN6C(=O)C(NC(=O)OC)[C@@H](CC)OC)[nH]c5cn4)ccc3c2)[nH]1. The minimum Gasteiger partial charge on any atom is -0.453 e. The highest BCUT2D eigenvalue weighted by Gasteiger charge is 2.41. The number of hydrogen-bond acceptors (Lipinski definition) is 11. The monoisotopic (exact) mass is 823 g/mol. The van der Waals surface area contributed by atoms with Crippen molar-refractivity contribution in [1.29, 1.82) is 0 Å². The molecule has 4 amide bonds. The van der Waals surface area contributed by atoms with E-state index in [0.29, 0.717) is 37.6 Å². The Hall–Kier alpha value is -6.07. The van der Waals surface area contributed by atoms with Gasteiger partial charge in [0, 0.05) is 38.4 Å². The lowest BCUT2D eigenvalue weighted by molar-refractivity contribution is -0.138. The van der Waals surface area contributed by atoms with Crippen LogP contribution in [0.25, 0.3) is 44.3 Å². The third kappa shape index (κ3) is 8.49. The second-order valence-corrected chi connectivity index (χ2v) is 15.1. The van der Waals surface area contributed by atoms with Gasteiger partial charge in [0.1, 0.15) is 23.7 Å². The zero-order valence-corrected chi connectivity index (χ0v) is 34.8. The highest BCUT2D eigenvalue weighted by atomic mass is 16.5. The van der Waals surface area contributed by atoms with Crippen LogP contribution >= 0.6 is 0 Å². The molecule has 2 aliphatic heterocycles. The molecule has 7 rings (SSSR count). The van der Waals surface area contributed by atoms with Crippen molar-refractivity contribution in [2.45, 2.75) is 88.7 Å². The van der Waals surface area contributed by atoms with Gasteiger partial charge in [-0.1, -0.05) is 38.1 Å². The van der Waals surface area contributed by atoms with Crippen molar-refractivity contribution in [3.05, 3.63) is 66.5 Å². The molecule has 60 heavy (non-hydrogen) atoms. The van der Waals surface area contributed by atoms with Gasteiger partial charge in [0.15, 0.2) is 0 Å². The van der Waals surface area contributed by atoms with E-state index in [9.17, 15) is 19.2 Å². The second kappa shape index (κ2) is 18.5. The number of fused-ring (bicyclic) bond motifs is 2. The Labute approximate surface area is 347 Å². The summed E-state index contributed by atoms with van der Waals surface area (Å²) in [6, 6.07) is 11.9. The number of methoxy groups -OCH3 is 4. The second-order valence-electron chi connectivity index (χ2n) is 15.1. The topological polar surface area (TPSA) is 206 Å². The number of H-pyrrole nitrogens is 2. The molecule has 0 bridgehead atoms. The van der Waals surface area contributed by atoms with Gasteiger partial charge in [0.2, 0.25) is 11.8 Å². The number of imidazole rings is 2. The normalized spacial score (nSPS) is 18.6. The lowest BCUT2D eigenvalue weighted by Gasteiger charge is -2.31. The molecule has 17 heteroatoms. The fourth-order valence-electron chi connectivity index (χ4n) is 8.53. The Morgan fingerprint density at radius 3 is 1.82 bits per heavy atom. The molecule has 0 spiro atoms. The molecular weight excluding hydrogens is 771 g/mol. The predicted molar refractivity (Wildman–Crippen MR) is 223 cm³/mol. The average Bonchev–Trinajstić information content (AvgIpc) is 4.12. The predicted octanol–water partition coefficient (Wildman–Crippen LogP) is 5.79. The molecule has 17 nitrogen and oxygen atoms in total. The zero-order valence-electron chi connectivity index (χ0n) is 34.8. The summed E-state index contributed by atoms with van der Waals surface area (Å²) in [7, 11) is 5.58. The highest BCUT2D eigenvalue weighted by molar-refractivity contribution is 5.91. The fraction of sp³-hybridized carbons (Fsp3) is 0.465. The number of carbonyl (C=O) groups excluding carboxylic acids is 4. The van der Waals surface area contributed by atoms with Gasteiger partial charge in [-0.05, 0) is 67.5 Å². The lowest BCUT2D eigenvalue weighted by Crippen LogP contribution is -2.54. The standard InChI is InChI=1S/C43H53N9O8/c1-7-34(57-3)36(49-42(55)59-5)40(53)51-17-9-11-32(51)38-45-22-30(47-38)27-16-14-24-19-26(15-13-25(24)20-27)28-21-29-31(23-44-28)48-39(46-29)33-12-10-18-52(33)41(54)37(35(8-2)58-4)50-43(56)60-6/h13-16,19-23,32-37H,7-12,17-18H2,1-6H3,(H,45,47)(H,46,48)(H,49,55)(H,50,56)/t32-,33-,34+,35+,36?,37?/m0/s1. The Morgan fingerprint density at radius 2 is 1.27 bits per heavy atom. The van der Waals surface area contributed by atoms with Crippen molar-refractivity contribution >= 4 is 45.8 Å². The molecule has 3 aromatic heterocycles. The van der Waals surface area contributed by atoms with Crippen molar-refractivity contribution in [3.63, 3.8) is 0 Å². The molecule has 318 valence electrons. The van der Waals surface area contributed by atoms with Gasteiger partial charge in [-0.2, -0.15) is 0 Å².